The van der Waals surface area contributed by atoms with E-state index < -0.39 is 5.63 Å². The summed E-state index contributed by atoms with van der Waals surface area (Å²) in [4.78, 5) is 34.6. The highest BCUT2D eigenvalue weighted by Crippen LogP contribution is 2.32. The van der Waals surface area contributed by atoms with Gasteiger partial charge in [-0.05, 0) is 70.2 Å². The summed E-state index contributed by atoms with van der Waals surface area (Å²) >= 11 is 1.47. The topological polar surface area (TPSA) is 66.7 Å². The molecular weight excluding hydrogens is 410 g/mol. The molecule has 0 aliphatic carbocycles. The molecule has 0 bridgehead atoms. The third kappa shape index (κ3) is 4.24. The van der Waals surface area contributed by atoms with Crippen molar-refractivity contribution in [2.24, 2.45) is 0 Å². The molecule has 4 rings (SSSR count). The minimum atomic E-state index is -0.630. The summed E-state index contributed by atoms with van der Waals surface area (Å²) in [5.74, 6) is -0.383. The average molecular weight is 436 g/mol. The van der Waals surface area contributed by atoms with Crippen molar-refractivity contribution in [1.82, 2.24) is 9.88 Å². The van der Waals surface area contributed by atoms with E-state index in [1.165, 1.54) is 11.3 Å². The molecule has 2 aromatic heterocycles. The minimum Gasteiger partial charge on any atom is -0.422 e. The van der Waals surface area contributed by atoms with Crippen LogP contribution in [0.3, 0.4) is 0 Å². The van der Waals surface area contributed by atoms with Crippen molar-refractivity contribution in [1.29, 1.82) is 0 Å². The number of carbonyl (C=O) groups is 1. The Labute approximate surface area is 184 Å². The molecule has 0 aliphatic heterocycles. The molecule has 0 spiro atoms. The van der Waals surface area contributed by atoms with Crippen LogP contribution in [0.1, 0.15) is 27.9 Å². The van der Waals surface area contributed by atoms with E-state index in [0.29, 0.717) is 17.3 Å². The van der Waals surface area contributed by atoms with E-state index in [4.69, 9.17) is 9.40 Å². The number of anilines is 1. The molecule has 0 N–H and O–H groups in total. The molecule has 7 heteroatoms. The number of nitrogens with zero attached hydrogens (tertiary/aromatic N) is 3. The number of hydrogen-bond donors (Lipinski definition) is 0. The quantitative estimate of drug-likeness (QED) is 0.414. The lowest BCUT2D eigenvalue weighted by Gasteiger charge is -2.20. The molecule has 0 aliphatic rings. The van der Waals surface area contributed by atoms with Gasteiger partial charge in [0.1, 0.15) is 11.1 Å². The second-order valence-electron chi connectivity index (χ2n) is 7.95. The molecule has 0 atom stereocenters. The van der Waals surface area contributed by atoms with Crippen LogP contribution in [0.2, 0.25) is 0 Å². The van der Waals surface area contributed by atoms with Gasteiger partial charge in [-0.2, -0.15) is 0 Å². The highest BCUT2D eigenvalue weighted by Gasteiger charge is 2.25. The lowest BCUT2D eigenvalue weighted by atomic mass is 10.1. The van der Waals surface area contributed by atoms with Gasteiger partial charge in [-0.25, -0.2) is 9.78 Å². The van der Waals surface area contributed by atoms with Crippen molar-refractivity contribution in [3.05, 3.63) is 69.6 Å². The zero-order valence-electron chi connectivity index (χ0n) is 18.1. The number of amides is 1. The molecule has 0 saturated heterocycles. The molecular formula is C24H25N3O3S. The van der Waals surface area contributed by atoms with Crippen LogP contribution in [-0.2, 0) is 0 Å². The SMILES string of the molecule is Cc1ccc2sc(N(CCCN(C)C)C(=O)c3cc4ccccc4oc3=O)nc2c1C. The van der Waals surface area contributed by atoms with E-state index >= 15 is 0 Å². The van der Waals surface area contributed by atoms with Gasteiger partial charge in [0.2, 0.25) is 0 Å². The first-order valence-corrected chi connectivity index (χ1v) is 11.0. The lowest BCUT2D eigenvalue weighted by molar-refractivity contribution is 0.0982. The molecule has 0 fully saturated rings. The minimum absolute atomic E-state index is 0.0238. The van der Waals surface area contributed by atoms with Crippen molar-refractivity contribution in [3.63, 3.8) is 0 Å². The zero-order valence-corrected chi connectivity index (χ0v) is 19.0. The average Bonchev–Trinajstić information content (AvgIpc) is 3.17. The summed E-state index contributed by atoms with van der Waals surface area (Å²) in [6.07, 6.45) is 0.756. The monoisotopic (exact) mass is 435 g/mol. The van der Waals surface area contributed by atoms with E-state index in [-0.39, 0.29) is 11.5 Å². The summed E-state index contributed by atoms with van der Waals surface area (Å²) in [6, 6.07) is 12.9. The van der Waals surface area contributed by atoms with Crippen LogP contribution < -0.4 is 10.5 Å². The highest BCUT2D eigenvalue weighted by molar-refractivity contribution is 7.22. The van der Waals surface area contributed by atoms with Gasteiger partial charge in [0.25, 0.3) is 5.91 Å². The van der Waals surface area contributed by atoms with Gasteiger partial charge in [-0.3, -0.25) is 9.69 Å². The van der Waals surface area contributed by atoms with Gasteiger partial charge in [0.15, 0.2) is 5.13 Å². The molecule has 31 heavy (non-hydrogen) atoms. The fourth-order valence-electron chi connectivity index (χ4n) is 3.52. The Bertz CT molecular complexity index is 1320. The smallest absolute Gasteiger partial charge is 0.349 e. The molecule has 0 radical (unpaired) electrons. The molecule has 4 aromatic rings. The summed E-state index contributed by atoms with van der Waals surface area (Å²) in [6.45, 7) is 5.37. The van der Waals surface area contributed by atoms with Crippen LogP contribution in [0.25, 0.3) is 21.2 Å². The Hall–Kier alpha value is -3.03. The van der Waals surface area contributed by atoms with Crippen LogP contribution in [0, 0.1) is 13.8 Å². The van der Waals surface area contributed by atoms with Gasteiger partial charge >= 0.3 is 5.63 Å². The first-order chi connectivity index (χ1) is 14.8. The summed E-state index contributed by atoms with van der Waals surface area (Å²) in [7, 11) is 3.99. The molecule has 0 saturated carbocycles. The molecule has 2 heterocycles. The maximum atomic E-state index is 13.5. The Morgan fingerprint density at radius 2 is 1.87 bits per heavy atom. The van der Waals surface area contributed by atoms with Gasteiger partial charge < -0.3 is 9.32 Å². The number of para-hydroxylation sites is 1. The van der Waals surface area contributed by atoms with Crippen molar-refractivity contribution in [2.45, 2.75) is 20.3 Å². The fourth-order valence-corrected chi connectivity index (χ4v) is 4.56. The summed E-state index contributed by atoms with van der Waals surface area (Å²) < 4.78 is 6.43. The normalized spacial score (nSPS) is 11.5. The van der Waals surface area contributed by atoms with E-state index in [1.54, 1.807) is 23.1 Å². The summed E-state index contributed by atoms with van der Waals surface area (Å²) in [5.41, 5.74) is 3.02. The molecule has 2 aromatic carbocycles. The van der Waals surface area contributed by atoms with Crippen molar-refractivity contribution in [2.75, 3.05) is 32.1 Å². The van der Waals surface area contributed by atoms with Crippen molar-refractivity contribution < 1.29 is 9.21 Å². The maximum Gasteiger partial charge on any atom is 0.349 e. The Morgan fingerprint density at radius 1 is 1.10 bits per heavy atom. The Balaban J connectivity index is 1.78. The van der Waals surface area contributed by atoms with E-state index in [2.05, 4.69) is 11.0 Å². The Kier molecular flexibility index (Phi) is 5.89. The van der Waals surface area contributed by atoms with Crippen LogP contribution in [0.5, 0.6) is 0 Å². The fraction of sp³-hybridized carbons (Fsp3) is 0.292. The molecule has 1 amide bonds. The van der Waals surface area contributed by atoms with Crippen molar-refractivity contribution >= 4 is 43.6 Å². The number of fused-ring (bicyclic) bond motifs is 2. The predicted molar refractivity (Wildman–Crippen MR) is 126 cm³/mol. The van der Waals surface area contributed by atoms with Crippen molar-refractivity contribution in [3.8, 4) is 0 Å². The molecule has 0 unspecified atom stereocenters. The lowest BCUT2D eigenvalue weighted by Crippen LogP contribution is -2.36. The number of hydrogen-bond acceptors (Lipinski definition) is 6. The Morgan fingerprint density at radius 3 is 2.65 bits per heavy atom. The number of benzene rings is 2. The van der Waals surface area contributed by atoms with Crippen LogP contribution in [0.4, 0.5) is 5.13 Å². The van der Waals surface area contributed by atoms with Crippen LogP contribution in [-0.4, -0.2) is 43.0 Å². The van der Waals surface area contributed by atoms with Gasteiger partial charge in [-0.1, -0.05) is 35.6 Å². The number of aryl methyl sites for hydroxylation is 2. The maximum absolute atomic E-state index is 13.5. The van der Waals surface area contributed by atoms with Crippen LogP contribution >= 0.6 is 11.3 Å². The predicted octanol–water partition coefficient (Wildman–Crippen LogP) is 4.62. The first-order valence-electron chi connectivity index (χ1n) is 10.2. The number of thiazole rings is 1. The van der Waals surface area contributed by atoms with Gasteiger partial charge in [0.05, 0.1) is 10.2 Å². The zero-order chi connectivity index (χ0) is 22.1. The number of carbonyl (C=O) groups excluding carboxylic acids is 1. The third-order valence-corrected chi connectivity index (χ3v) is 6.45. The second kappa shape index (κ2) is 8.61. The van der Waals surface area contributed by atoms with E-state index in [1.807, 2.05) is 46.1 Å². The molecule has 160 valence electrons. The van der Waals surface area contributed by atoms with Gasteiger partial charge in [-0.15, -0.1) is 0 Å². The largest absolute Gasteiger partial charge is 0.422 e. The summed E-state index contributed by atoms with van der Waals surface area (Å²) in [5, 5.41) is 1.31. The first kappa shape index (κ1) is 21.2. The van der Waals surface area contributed by atoms with Gasteiger partial charge in [0, 0.05) is 11.9 Å². The standard InChI is InChI=1S/C24H25N3O3S/c1-15-10-11-20-21(16(15)2)25-24(31-20)27(13-7-12-26(3)4)22(28)18-14-17-8-5-6-9-19(17)30-23(18)29/h5-6,8-11,14H,7,12-13H2,1-4H3. The molecule has 6 nitrogen and oxygen atoms in total. The highest BCUT2D eigenvalue weighted by atomic mass is 32.1. The van der Waals surface area contributed by atoms with Crippen LogP contribution in [0.15, 0.2) is 51.7 Å². The third-order valence-electron chi connectivity index (χ3n) is 5.41. The number of aromatic nitrogens is 1. The van der Waals surface area contributed by atoms with E-state index in [0.717, 1.165) is 39.7 Å². The van der Waals surface area contributed by atoms with E-state index in [9.17, 15) is 9.59 Å². The second-order valence-corrected chi connectivity index (χ2v) is 8.96. The number of rotatable bonds is 6.